The number of hydrogen-bond donors (Lipinski definition) is 0. The van der Waals surface area contributed by atoms with Crippen molar-refractivity contribution >= 4 is 0 Å². The number of aryl methyl sites for hydroxylation is 2. The van der Waals surface area contributed by atoms with E-state index >= 15 is 0 Å². The van der Waals surface area contributed by atoms with Gasteiger partial charge in [-0.05, 0) is 43.0 Å². The third kappa shape index (κ3) is 2.41. The van der Waals surface area contributed by atoms with Crippen molar-refractivity contribution in [3.63, 3.8) is 0 Å². The van der Waals surface area contributed by atoms with E-state index in [2.05, 4.69) is 63.1 Å². The predicted molar refractivity (Wildman–Crippen MR) is 71.7 cm³/mol. The average molecular weight is 228 g/mol. The van der Waals surface area contributed by atoms with Crippen molar-refractivity contribution in [1.82, 2.24) is 9.78 Å². The molecule has 2 rings (SSSR count). The fourth-order valence-corrected chi connectivity index (χ4v) is 1.99. The third-order valence-corrected chi connectivity index (χ3v) is 2.99. The Labute approximate surface area is 103 Å². The van der Waals surface area contributed by atoms with Gasteiger partial charge < -0.3 is 0 Å². The zero-order valence-electron chi connectivity index (χ0n) is 11.3. The molecule has 1 aromatic carbocycles. The summed E-state index contributed by atoms with van der Waals surface area (Å²) >= 11 is 0. The van der Waals surface area contributed by atoms with Crippen LogP contribution in [-0.2, 0) is 5.41 Å². The monoisotopic (exact) mass is 228 g/mol. The minimum Gasteiger partial charge on any atom is -0.238 e. The van der Waals surface area contributed by atoms with Gasteiger partial charge in [0, 0.05) is 5.69 Å². The summed E-state index contributed by atoms with van der Waals surface area (Å²) in [6, 6.07) is 10.7. The number of rotatable bonds is 1. The maximum atomic E-state index is 4.49. The molecule has 0 bridgehead atoms. The van der Waals surface area contributed by atoms with Crippen molar-refractivity contribution < 1.29 is 0 Å². The second kappa shape index (κ2) is 4.02. The molecule has 0 aliphatic carbocycles. The van der Waals surface area contributed by atoms with Gasteiger partial charge in [0.2, 0.25) is 0 Å². The Balaban J connectivity index is 2.39. The largest absolute Gasteiger partial charge is 0.238 e. The molecule has 1 aromatic heterocycles. The van der Waals surface area contributed by atoms with Gasteiger partial charge in [0.1, 0.15) is 0 Å². The Bertz CT molecular complexity index is 513. The highest BCUT2D eigenvalue weighted by molar-refractivity contribution is 5.37. The third-order valence-electron chi connectivity index (χ3n) is 2.99. The normalized spacial score (nSPS) is 11.8. The predicted octanol–water partition coefficient (Wildman–Crippen LogP) is 3.79. The van der Waals surface area contributed by atoms with Gasteiger partial charge in [0.15, 0.2) is 0 Å². The molecule has 0 aliphatic rings. The summed E-state index contributed by atoms with van der Waals surface area (Å²) in [6.07, 6.45) is 0. The molecule has 2 heteroatoms. The molecular weight excluding hydrogens is 208 g/mol. The number of aromatic nitrogens is 2. The van der Waals surface area contributed by atoms with E-state index < -0.39 is 0 Å². The first-order valence-electron chi connectivity index (χ1n) is 6.02. The van der Waals surface area contributed by atoms with Crippen LogP contribution in [0.5, 0.6) is 0 Å². The molecule has 0 radical (unpaired) electrons. The second-order valence-electron chi connectivity index (χ2n) is 5.64. The van der Waals surface area contributed by atoms with Crippen LogP contribution in [-0.4, -0.2) is 9.78 Å². The lowest BCUT2D eigenvalue weighted by molar-refractivity contribution is 0.590. The molecule has 0 atom stereocenters. The van der Waals surface area contributed by atoms with E-state index in [1.54, 1.807) is 0 Å². The van der Waals surface area contributed by atoms with E-state index in [9.17, 15) is 0 Å². The van der Waals surface area contributed by atoms with E-state index in [4.69, 9.17) is 0 Å². The first-order valence-corrected chi connectivity index (χ1v) is 6.02. The summed E-state index contributed by atoms with van der Waals surface area (Å²) in [6.45, 7) is 10.8. The molecule has 0 spiro atoms. The number of benzene rings is 1. The van der Waals surface area contributed by atoms with Gasteiger partial charge in [-0.3, -0.25) is 0 Å². The highest BCUT2D eigenvalue weighted by Crippen LogP contribution is 2.23. The van der Waals surface area contributed by atoms with Crippen LogP contribution in [0.25, 0.3) is 5.69 Å². The van der Waals surface area contributed by atoms with Crippen LogP contribution in [0.2, 0.25) is 0 Å². The SMILES string of the molecule is Cc1cc(C)n(-c2ccc(C(C)(C)C)cc2)n1. The molecule has 17 heavy (non-hydrogen) atoms. The molecule has 90 valence electrons. The van der Waals surface area contributed by atoms with Crippen molar-refractivity contribution in [3.8, 4) is 5.69 Å². The maximum Gasteiger partial charge on any atom is 0.0648 e. The Kier molecular flexibility index (Phi) is 2.82. The van der Waals surface area contributed by atoms with Crippen LogP contribution in [0.4, 0.5) is 0 Å². The molecular formula is C15H20N2. The second-order valence-corrected chi connectivity index (χ2v) is 5.64. The summed E-state index contributed by atoms with van der Waals surface area (Å²) in [5, 5.41) is 4.49. The zero-order valence-corrected chi connectivity index (χ0v) is 11.3. The van der Waals surface area contributed by atoms with Gasteiger partial charge in [-0.2, -0.15) is 5.10 Å². The quantitative estimate of drug-likeness (QED) is 0.726. The lowest BCUT2D eigenvalue weighted by atomic mass is 9.87. The van der Waals surface area contributed by atoms with Crippen LogP contribution in [0.1, 0.15) is 37.7 Å². The Morgan fingerprint density at radius 2 is 1.59 bits per heavy atom. The van der Waals surface area contributed by atoms with E-state index in [1.807, 2.05) is 11.6 Å². The van der Waals surface area contributed by atoms with Crippen molar-refractivity contribution in [3.05, 3.63) is 47.3 Å². The van der Waals surface area contributed by atoms with Crippen LogP contribution >= 0.6 is 0 Å². The van der Waals surface area contributed by atoms with Crippen molar-refractivity contribution in [2.75, 3.05) is 0 Å². The lowest BCUT2D eigenvalue weighted by Gasteiger charge is -2.19. The van der Waals surface area contributed by atoms with Gasteiger partial charge in [0.05, 0.1) is 11.4 Å². The molecule has 0 saturated heterocycles. The molecule has 2 nitrogen and oxygen atoms in total. The Hall–Kier alpha value is -1.57. The van der Waals surface area contributed by atoms with Gasteiger partial charge >= 0.3 is 0 Å². The first kappa shape index (κ1) is 11.9. The summed E-state index contributed by atoms with van der Waals surface area (Å²) in [4.78, 5) is 0. The first-order chi connectivity index (χ1) is 7.88. The Morgan fingerprint density at radius 3 is 2.00 bits per heavy atom. The highest BCUT2D eigenvalue weighted by Gasteiger charge is 2.13. The number of hydrogen-bond acceptors (Lipinski definition) is 1. The summed E-state index contributed by atoms with van der Waals surface area (Å²) in [5.74, 6) is 0. The molecule has 0 aliphatic heterocycles. The minimum absolute atomic E-state index is 0.202. The van der Waals surface area contributed by atoms with Crippen LogP contribution < -0.4 is 0 Å². The smallest absolute Gasteiger partial charge is 0.0648 e. The van der Waals surface area contributed by atoms with Gasteiger partial charge in [-0.15, -0.1) is 0 Å². The molecule has 0 saturated carbocycles. The van der Waals surface area contributed by atoms with Crippen LogP contribution in [0, 0.1) is 13.8 Å². The molecule has 0 unspecified atom stereocenters. The topological polar surface area (TPSA) is 17.8 Å². The molecule has 0 N–H and O–H groups in total. The molecule has 1 heterocycles. The number of nitrogens with zero attached hydrogens (tertiary/aromatic N) is 2. The average Bonchev–Trinajstić information content (AvgIpc) is 2.57. The summed E-state index contributed by atoms with van der Waals surface area (Å²) in [5.41, 5.74) is 4.91. The Morgan fingerprint density at radius 1 is 1.00 bits per heavy atom. The van der Waals surface area contributed by atoms with Crippen LogP contribution in [0.3, 0.4) is 0 Å². The van der Waals surface area contributed by atoms with E-state index in [-0.39, 0.29) is 5.41 Å². The fraction of sp³-hybridized carbons (Fsp3) is 0.400. The molecule has 0 amide bonds. The molecule has 2 aromatic rings. The van der Waals surface area contributed by atoms with Gasteiger partial charge in [-0.25, -0.2) is 4.68 Å². The standard InChI is InChI=1S/C15H20N2/c1-11-10-12(2)17(16-11)14-8-6-13(7-9-14)15(3,4)5/h6-10H,1-5H3. The minimum atomic E-state index is 0.202. The lowest BCUT2D eigenvalue weighted by Crippen LogP contribution is -2.11. The van der Waals surface area contributed by atoms with Gasteiger partial charge in [0.25, 0.3) is 0 Å². The van der Waals surface area contributed by atoms with E-state index in [0.717, 1.165) is 11.4 Å². The van der Waals surface area contributed by atoms with Crippen molar-refractivity contribution in [1.29, 1.82) is 0 Å². The summed E-state index contributed by atoms with van der Waals surface area (Å²) in [7, 11) is 0. The maximum absolute atomic E-state index is 4.49. The van der Waals surface area contributed by atoms with Crippen LogP contribution in [0.15, 0.2) is 30.3 Å². The van der Waals surface area contributed by atoms with E-state index in [0.29, 0.717) is 0 Å². The zero-order chi connectivity index (χ0) is 12.6. The fourth-order valence-electron chi connectivity index (χ4n) is 1.99. The van der Waals surface area contributed by atoms with Crippen molar-refractivity contribution in [2.24, 2.45) is 0 Å². The summed E-state index contributed by atoms with van der Waals surface area (Å²) < 4.78 is 1.99. The van der Waals surface area contributed by atoms with E-state index in [1.165, 1.54) is 11.3 Å². The van der Waals surface area contributed by atoms with Crippen molar-refractivity contribution in [2.45, 2.75) is 40.0 Å². The van der Waals surface area contributed by atoms with Gasteiger partial charge in [-0.1, -0.05) is 32.9 Å². The molecule has 0 fully saturated rings. The highest BCUT2D eigenvalue weighted by atomic mass is 15.3.